The molecule has 116 valence electrons. The largest absolute Gasteiger partial charge is 0.309 e. The van der Waals surface area contributed by atoms with E-state index in [1.165, 1.54) is 12.8 Å². The molecule has 2 atom stereocenters. The maximum atomic E-state index is 12.2. The summed E-state index contributed by atoms with van der Waals surface area (Å²) in [5.41, 5.74) is 1.03. The first-order chi connectivity index (χ1) is 9.95. The van der Waals surface area contributed by atoms with Crippen LogP contribution in [-0.2, 0) is 6.42 Å². The Morgan fingerprint density at radius 3 is 2.52 bits per heavy atom. The lowest BCUT2D eigenvalue weighted by Crippen LogP contribution is -2.40. The summed E-state index contributed by atoms with van der Waals surface area (Å²) < 4.78 is 0.765. The Hall–Kier alpha value is -0.430. The minimum absolute atomic E-state index is 0.0440. The Kier molecular flexibility index (Phi) is 4.41. The van der Waals surface area contributed by atoms with E-state index in [4.69, 9.17) is 4.98 Å². The van der Waals surface area contributed by atoms with E-state index in [9.17, 15) is 4.79 Å². The Balaban J connectivity index is 1.89. The molecule has 0 spiro atoms. The summed E-state index contributed by atoms with van der Waals surface area (Å²) in [5.74, 6) is 1.88. The summed E-state index contributed by atoms with van der Waals surface area (Å²) in [6.45, 7) is 4.35. The van der Waals surface area contributed by atoms with Crippen LogP contribution >= 0.6 is 22.6 Å². The van der Waals surface area contributed by atoms with Gasteiger partial charge < -0.3 is 9.88 Å². The van der Waals surface area contributed by atoms with Gasteiger partial charge in [-0.3, -0.25) is 4.79 Å². The second-order valence-corrected chi connectivity index (χ2v) is 8.11. The normalized spacial score (nSPS) is 29.3. The summed E-state index contributed by atoms with van der Waals surface area (Å²) >= 11 is 2.14. The second kappa shape index (κ2) is 5.99. The van der Waals surface area contributed by atoms with Crippen LogP contribution in [-0.4, -0.2) is 34.0 Å². The number of aromatic nitrogens is 2. The molecule has 0 amide bonds. The lowest BCUT2D eigenvalue weighted by Gasteiger charge is -2.35. The van der Waals surface area contributed by atoms with Crippen LogP contribution in [0, 0.1) is 9.49 Å². The molecule has 3 heterocycles. The van der Waals surface area contributed by atoms with Gasteiger partial charge in [0.15, 0.2) is 0 Å². The van der Waals surface area contributed by atoms with Crippen molar-refractivity contribution in [1.82, 2.24) is 14.9 Å². The first-order valence-electron chi connectivity index (χ1n) is 7.96. The maximum Gasteiger partial charge on any atom is 0.264 e. The molecule has 1 aromatic heterocycles. The van der Waals surface area contributed by atoms with Crippen molar-refractivity contribution in [1.29, 1.82) is 0 Å². The Labute approximate surface area is 139 Å². The molecule has 2 saturated heterocycles. The fraction of sp³-hybridized carbons (Fsp3) is 0.750. The fourth-order valence-electron chi connectivity index (χ4n) is 3.87. The lowest BCUT2D eigenvalue weighted by molar-refractivity contribution is 0.158. The molecule has 2 aliphatic heterocycles. The number of nitrogens with one attached hydrogen (secondary N) is 1. The summed E-state index contributed by atoms with van der Waals surface area (Å²) in [4.78, 5) is 22.6. The predicted molar refractivity (Wildman–Crippen MR) is 92.7 cm³/mol. The number of hydrogen-bond donors (Lipinski definition) is 1. The van der Waals surface area contributed by atoms with E-state index in [1.54, 1.807) is 0 Å². The average molecular weight is 401 g/mol. The Morgan fingerprint density at radius 1 is 1.33 bits per heavy atom. The van der Waals surface area contributed by atoms with Crippen molar-refractivity contribution < 1.29 is 0 Å². The van der Waals surface area contributed by atoms with Gasteiger partial charge in [0.05, 0.1) is 9.26 Å². The topological polar surface area (TPSA) is 49.0 Å². The zero-order chi connectivity index (χ0) is 15.1. The molecule has 4 nitrogen and oxygen atoms in total. The molecule has 3 rings (SSSR count). The molecule has 2 aliphatic rings. The van der Waals surface area contributed by atoms with Crippen molar-refractivity contribution in [3.63, 3.8) is 0 Å². The van der Waals surface area contributed by atoms with Gasteiger partial charge in [0.25, 0.3) is 5.56 Å². The number of hydrogen-bond acceptors (Lipinski definition) is 3. The van der Waals surface area contributed by atoms with Crippen LogP contribution in [0.5, 0.6) is 0 Å². The number of fused-ring (bicyclic) bond motifs is 2. The summed E-state index contributed by atoms with van der Waals surface area (Å²) in [5, 5.41) is 0. The maximum absolute atomic E-state index is 12.2. The van der Waals surface area contributed by atoms with Crippen LogP contribution in [0.1, 0.15) is 57.0 Å². The van der Waals surface area contributed by atoms with E-state index < -0.39 is 0 Å². The van der Waals surface area contributed by atoms with E-state index in [0.717, 1.165) is 34.4 Å². The van der Waals surface area contributed by atoms with Gasteiger partial charge in [0.1, 0.15) is 5.82 Å². The van der Waals surface area contributed by atoms with Gasteiger partial charge in [-0.1, -0.05) is 13.8 Å². The average Bonchev–Trinajstić information content (AvgIpc) is 2.64. The third-order valence-electron chi connectivity index (χ3n) is 5.04. The first-order valence-corrected chi connectivity index (χ1v) is 9.04. The third kappa shape index (κ3) is 3.04. The summed E-state index contributed by atoms with van der Waals surface area (Å²) in [6, 6.07) is 1.35. The predicted octanol–water partition coefficient (Wildman–Crippen LogP) is 2.91. The molecule has 21 heavy (non-hydrogen) atoms. The molecule has 2 fully saturated rings. The van der Waals surface area contributed by atoms with Crippen molar-refractivity contribution in [2.75, 3.05) is 7.05 Å². The van der Waals surface area contributed by atoms with Gasteiger partial charge in [-0.25, -0.2) is 4.98 Å². The summed E-state index contributed by atoms with van der Waals surface area (Å²) in [6.07, 6.45) is 5.75. The number of H-pyrrole nitrogens is 1. The van der Waals surface area contributed by atoms with Crippen LogP contribution in [0.4, 0.5) is 0 Å². The highest BCUT2D eigenvalue weighted by Crippen LogP contribution is 2.41. The van der Waals surface area contributed by atoms with Crippen LogP contribution in [0.25, 0.3) is 0 Å². The number of nitrogens with zero attached hydrogens (tertiary/aromatic N) is 2. The molecule has 1 aromatic rings. The number of rotatable bonds is 3. The highest BCUT2D eigenvalue weighted by molar-refractivity contribution is 14.1. The molecular weight excluding hydrogens is 377 g/mol. The van der Waals surface area contributed by atoms with Gasteiger partial charge in [0.2, 0.25) is 0 Å². The SMILES string of the molecule is CC(C)Cc1nc(C2CC3CCC(C2)N3C)[nH]c(=O)c1I. The Bertz CT molecular complexity index is 569. The van der Waals surface area contributed by atoms with E-state index in [-0.39, 0.29) is 5.56 Å². The quantitative estimate of drug-likeness (QED) is 0.793. The standard InChI is InChI=1S/C16H24IN3O/c1-9(2)6-13-14(17)16(21)19-15(18-13)10-7-11-4-5-12(8-10)20(11)3/h9-12H,4-8H2,1-3H3,(H,18,19,21). The highest BCUT2D eigenvalue weighted by atomic mass is 127. The molecule has 0 radical (unpaired) electrons. The van der Waals surface area contributed by atoms with Gasteiger partial charge in [-0.05, 0) is 67.7 Å². The van der Waals surface area contributed by atoms with Crippen LogP contribution in [0.15, 0.2) is 4.79 Å². The van der Waals surface area contributed by atoms with Crippen LogP contribution < -0.4 is 5.56 Å². The number of aromatic amines is 1. The summed E-state index contributed by atoms with van der Waals surface area (Å²) in [7, 11) is 2.24. The molecule has 0 aromatic carbocycles. The van der Waals surface area contributed by atoms with Crippen LogP contribution in [0.2, 0.25) is 0 Å². The van der Waals surface area contributed by atoms with E-state index in [1.807, 2.05) is 0 Å². The smallest absolute Gasteiger partial charge is 0.264 e. The number of halogens is 1. The second-order valence-electron chi connectivity index (χ2n) is 7.03. The molecule has 0 aliphatic carbocycles. The zero-order valence-corrected chi connectivity index (χ0v) is 15.2. The van der Waals surface area contributed by atoms with Crippen LogP contribution in [0.3, 0.4) is 0 Å². The molecule has 5 heteroatoms. The molecule has 0 saturated carbocycles. The minimum atomic E-state index is 0.0440. The van der Waals surface area contributed by atoms with E-state index >= 15 is 0 Å². The molecule has 2 bridgehead atoms. The minimum Gasteiger partial charge on any atom is -0.309 e. The fourth-order valence-corrected chi connectivity index (χ4v) is 4.35. The lowest BCUT2D eigenvalue weighted by atomic mass is 9.90. The van der Waals surface area contributed by atoms with Crippen molar-refractivity contribution in [3.05, 3.63) is 25.4 Å². The molecule has 2 unspecified atom stereocenters. The number of piperidine rings is 1. The van der Waals surface area contributed by atoms with Gasteiger partial charge in [0, 0.05) is 18.0 Å². The van der Waals surface area contributed by atoms with E-state index in [0.29, 0.717) is 23.9 Å². The Morgan fingerprint density at radius 2 is 1.95 bits per heavy atom. The van der Waals surface area contributed by atoms with Gasteiger partial charge in [-0.15, -0.1) is 0 Å². The van der Waals surface area contributed by atoms with Crippen molar-refractivity contribution in [2.24, 2.45) is 5.92 Å². The first kappa shape index (κ1) is 15.5. The van der Waals surface area contributed by atoms with Gasteiger partial charge >= 0.3 is 0 Å². The molecule has 1 N–H and O–H groups in total. The highest BCUT2D eigenvalue weighted by Gasteiger charge is 2.39. The van der Waals surface area contributed by atoms with Gasteiger partial charge in [-0.2, -0.15) is 0 Å². The molecular formula is C16H24IN3O. The van der Waals surface area contributed by atoms with Crippen molar-refractivity contribution in [3.8, 4) is 0 Å². The monoisotopic (exact) mass is 401 g/mol. The zero-order valence-electron chi connectivity index (χ0n) is 13.0. The van der Waals surface area contributed by atoms with Crippen molar-refractivity contribution >= 4 is 22.6 Å². The van der Waals surface area contributed by atoms with Crippen molar-refractivity contribution in [2.45, 2.75) is 64.0 Å². The van der Waals surface area contributed by atoms with E-state index in [2.05, 4.69) is 53.4 Å². The third-order valence-corrected chi connectivity index (χ3v) is 6.15.